The average molecular weight is 472 g/mol. The molecule has 178 valence electrons. The minimum Gasteiger partial charge on any atom is -0.495 e. The van der Waals surface area contributed by atoms with Crippen molar-refractivity contribution in [3.63, 3.8) is 0 Å². The van der Waals surface area contributed by atoms with Crippen LogP contribution in [0.3, 0.4) is 0 Å². The molecule has 2 aliphatic heterocycles. The lowest BCUT2D eigenvalue weighted by Gasteiger charge is -2.28. The van der Waals surface area contributed by atoms with Crippen LogP contribution in [0.15, 0.2) is 47.4 Å². The van der Waals surface area contributed by atoms with Gasteiger partial charge < -0.3 is 15.0 Å². The fourth-order valence-electron chi connectivity index (χ4n) is 4.55. The number of nitrogens with one attached hydrogen (secondary N) is 1. The Hall–Kier alpha value is -2.58. The molecule has 0 atom stereocenters. The Kier molecular flexibility index (Phi) is 7.55. The zero-order chi connectivity index (χ0) is 23.3. The number of piperidine rings is 1. The zero-order valence-electron chi connectivity index (χ0n) is 19.3. The topological polar surface area (TPSA) is 79.0 Å². The van der Waals surface area contributed by atoms with Crippen molar-refractivity contribution in [1.82, 2.24) is 4.31 Å². The molecule has 0 spiro atoms. The fourth-order valence-corrected chi connectivity index (χ4v) is 6.25. The maximum absolute atomic E-state index is 13.4. The van der Waals surface area contributed by atoms with Gasteiger partial charge in [0.15, 0.2) is 0 Å². The first-order valence-electron chi connectivity index (χ1n) is 11.8. The molecule has 8 heteroatoms. The van der Waals surface area contributed by atoms with Crippen molar-refractivity contribution in [2.24, 2.45) is 0 Å². The molecule has 0 radical (unpaired) electrons. The Morgan fingerprint density at radius 3 is 2.09 bits per heavy atom. The molecule has 0 aromatic heterocycles. The van der Waals surface area contributed by atoms with Gasteiger partial charge in [-0.05, 0) is 74.6 Å². The monoisotopic (exact) mass is 471 g/mol. The summed E-state index contributed by atoms with van der Waals surface area (Å²) in [6.07, 6.45) is 7.44. The van der Waals surface area contributed by atoms with E-state index in [1.807, 2.05) is 24.3 Å². The smallest absolute Gasteiger partial charge is 0.255 e. The minimum absolute atomic E-state index is 0.0417. The van der Waals surface area contributed by atoms with Crippen LogP contribution >= 0.6 is 0 Å². The summed E-state index contributed by atoms with van der Waals surface area (Å²) in [7, 11) is -2.31. The van der Waals surface area contributed by atoms with E-state index in [0.717, 1.165) is 44.5 Å². The van der Waals surface area contributed by atoms with E-state index in [9.17, 15) is 13.2 Å². The highest BCUT2D eigenvalue weighted by Gasteiger charge is 2.29. The Bertz CT molecular complexity index is 1060. The molecule has 0 bridgehead atoms. The summed E-state index contributed by atoms with van der Waals surface area (Å²) < 4.78 is 33.5. The van der Waals surface area contributed by atoms with Crippen LogP contribution in [0.2, 0.25) is 0 Å². The van der Waals surface area contributed by atoms with Gasteiger partial charge in [0.25, 0.3) is 5.91 Å². The van der Waals surface area contributed by atoms with Gasteiger partial charge in [-0.2, -0.15) is 4.31 Å². The summed E-state index contributed by atoms with van der Waals surface area (Å²) in [4.78, 5) is 15.3. The molecule has 2 saturated heterocycles. The number of methoxy groups -OCH3 is 1. The molecule has 1 amide bonds. The summed E-state index contributed by atoms with van der Waals surface area (Å²) in [6.45, 7) is 3.11. The van der Waals surface area contributed by atoms with Crippen molar-refractivity contribution in [2.45, 2.75) is 49.8 Å². The van der Waals surface area contributed by atoms with Gasteiger partial charge in [-0.15, -0.1) is 0 Å². The molecule has 0 unspecified atom stereocenters. The number of nitrogens with zero attached hydrogens (tertiary/aromatic N) is 2. The second kappa shape index (κ2) is 10.6. The van der Waals surface area contributed by atoms with Crippen molar-refractivity contribution < 1.29 is 17.9 Å². The minimum atomic E-state index is -3.75. The second-order valence-electron chi connectivity index (χ2n) is 8.73. The van der Waals surface area contributed by atoms with Gasteiger partial charge in [0.2, 0.25) is 10.0 Å². The third-order valence-electron chi connectivity index (χ3n) is 6.46. The van der Waals surface area contributed by atoms with Crippen molar-refractivity contribution in [2.75, 3.05) is 43.5 Å². The Labute approximate surface area is 196 Å². The Morgan fingerprint density at radius 1 is 0.848 bits per heavy atom. The van der Waals surface area contributed by atoms with Crippen LogP contribution in [-0.4, -0.2) is 51.9 Å². The highest BCUT2D eigenvalue weighted by atomic mass is 32.2. The van der Waals surface area contributed by atoms with Gasteiger partial charge in [-0.25, -0.2) is 8.42 Å². The second-order valence-corrected chi connectivity index (χ2v) is 10.6. The fraction of sp³-hybridized carbons (Fsp3) is 0.480. The first kappa shape index (κ1) is 23.6. The molecule has 2 aromatic carbocycles. The van der Waals surface area contributed by atoms with Crippen LogP contribution in [0.25, 0.3) is 0 Å². The maximum atomic E-state index is 13.4. The van der Waals surface area contributed by atoms with Crippen LogP contribution in [0.5, 0.6) is 5.75 Å². The molecule has 2 aliphatic rings. The van der Waals surface area contributed by atoms with Gasteiger partial charge in [0.05, 0.1) is 7.11 Å². The van der Waals surface area contributed by atoms with E-state index in [2.05, 4.69) is 10.2 Å². The van der Waals surface area contributed by atoms with E-state index in [-0.39, 0.29) is 22.1 Å². The zero-order valence-corrected chi connectivity index (χ0v) is 20.1. The van der Waals surface area contributed by atoms with E-state index >= 15 is 0 Å². The van der Waals surface area contributed by atoms with Crippen molar-refractivity contribution in [3.8, 4) is 5.75 Å². The molecule has 2 heterocycles. The quantitative estimate of drug-likeness (QED) is 0.671. The molecule has 0 saturated carbocycles. The summed E-state index contributed by atoms with van der Waals surface area (Å²) in [5.41, 5.74) is 2.11. The van der Waals surface area contributed by atoms with Crippen LogP contribution in [0, 0.1) is 0 Å². The molecule has 2 fully saturated rings. The normalized spacial score (nSPS) is 17.9. The molecule has 7 nitrogen and oxygen atoms in total. The van der Waals surface area contributed by atoms with Crippen molar-refractivity contribution in [1.29, 1.82) is 0 Å². The standard InChI is InChI=1S/C25H33N3O4S/c1-32-23-14-9-20(19-24(23)33(30,31)28-17-7-2-3-8-18-28)25(29)26-21-10-12-22(13-11-21)27-15-5-4-6-16-27/h9-14,19H,2-8,15-18H2,1H3,(H,26,29). The molecule has 4 rings (SSSR count). The lowest BCUT2D eigenvalue weighted by molar-refractivity contribution is 0.102. The van der Waals surface area contributed by atoms with Gasteiger partial charge in [-0.1, -0.05) is 12.8 Å². The predicted molar refractivity (Wildman–Crippen MR) is 131 cm³/mol. The van der Waals surface area contributed by atoms with Gasteiger partial charge in [-0.3, -0.25) is 4.79 Å². The number of amides is 1. The number of rotatable bonds is 6. The Balaban J connectivity index is 1.52. The lowest BCUT2D eigenvalue weighted by atomic mass is 10.1. The molecule has 2 aromatic rings. The molecule has 0 aliphatic carbocycles. The summed E-state index contributed by atoms with van der Waals surface area (Å²) in [5, 5.41) is 2.89. The van der Waals surface area contributed by atoms with E-state index in [4.69, 9.17) is 4.74 Å². The average Bonchev–Trinajstić information content (AvgIpc) is 3.15. The van der Waals surface area contributed by atoms with Crippen LogP contribution in [0.4, 0.5) is 11.4 Å². The molecular formula is C25H33N3O4S. The number of carbonyl (C=O) groups excluding carboxylic acids is 1. The summed E-state index contributed by atoms with van der Waals surface area (Å²) >= 11 is 0. The van der Waals surface area contributed by atoms with Crippen LogP contribution < -0.4 is 15.0 Å². The number of hydrogen-bond acceptors (Lipinski definition) is 5. The van der Waals surface area contributed by atoms with Crippen LogP contribution in [0.1, 0.15) is 55.3 Å². The lowest BCUT2D eigenvalue weighted by Crippen LogP contribution is -2.32. The van der Waals surface area contributed by atoms with Gasteiger partial charge in [0, 0.05) is 43.1 Å². The van der Waals surface area contributed by atoms with Gasteiger partial charge in [0.1, 0.15) is 10.6 Å². The predicted octanol–water partition coefficient (Wildman–Crippen LogP) is 4.50. The third-order valence-corrected chi connectivity index (χ3v) is 8.37. The molecule has 1 N–H and O–H groups in total. The van der Waals surface area contributed by atoms with E-state index < -0.39 is 10.0 Å². The summed E-state index contributed by atoms with van der Waals surface area (Å²) in [5.74, 6) is -0.0997. The maximum Gasteiger partial charge on any atom is 0.255 e. The number of ether oxygens (including phenoxy) is 1. The first-order valence-corrected chi connectivity index (χ1v) is 13.3. The highest BCUT2D eigenvalue weighted by Crippen LogP contribution is 2.30. The van der Waals surface area contributed by atoms with Gasteiger partial charge >= 0.3 is 0 Å². The van der Waals surface area contributed by atoms with E-state index in [1.54, 1.807) is 12.1 Å². The summed E-state index contributed by atoms with van der Waals surface area (Å²) in [6, 6.07) is 12.4. The number of benzene rings is 2. The van der Waals surface area contributed by atoms with Crippen LogP contribution in [-0.2, 0) is 10.0 Å². The third kappa shape index (κ3) is 5.50. The first-order chi connectivity index (χ1) is 16.0. The number of anilines is 2. The molecule has 33 heavy (non-hydrogen) atoms. The van der Waals surface area contributed by atoms with Crippen molar-refractivity contribution >= 4 is 27.3 Å². The van der Waals surface area contributed by atoms with Crippen molar-refractivity contribution in [3.05, 3.63) is 48.0 Å². The number of hydrogen-bond donors (Lipinski definition) is 1. The van der Waals surface area contributed by atoms with E-state index in [0.29, 0.717) is 18.8 Å². The van der Waals surface area contributed by atoms with E-state index in [1.165, 1.54) is 36.7 Å². The highest BCUT2D eigenvalue weighted by molar-refractivity contribution is 7.89. The largest absolute Gasteiger partial charge is 0.495 e. The Morgan fingerprint density at radius 2 is 1.45 bits per heavy atom. The number of carbonyl (C=O) groups is 1. The SMILES string of the molecule is COc1ccc(C(=O)Nc2ccc(N3CCCCC3)cc2)cc1S(=O)(=O)N1CCCCCC1. The number of sulfonamides is 1. The molecular weight excluding hydrogens is 438 g/mol.